The molecule has 0 radical (unpaired) electrons. The van der Waals surface area contributed by atoms with Gasteiger partial charge in [0.15, 0.2) is 11.5 Å². The molecule has 0 unspecified atom stereocenters. The molecule has 1 aliphatic carbocycles. The van der Waals surface area contributed by atoms with Crippen molar-refractivity contribution >= 4 is 5.91 Å². The van der Waals surface area contributed by atoms with Crippen molar-refractivity contribution < 1.29 is 14.6 Å². The summed E-state index contributed by atoms with van der Waals surface area (Å²) in [6.45, 7) is 0. The molecule has 1 N–H and O–H groups in total. The number of para-hydroxylation sites is 1. The summed E-state index contributed by atoms with van der Waals surface area (Å²) in [6.07, 6.45) is 5.79. The van der Waals surface area contributed by atoms with Crippen LogP contribution in [0.5, 0.6) is 11.5 Å². The molecule has 0 spiro atoms. The lowest BCUT2D eigenvalue weighted by Crippen LogP contribution is -2.23. The molecular formula is C15H21NO3. The fourth-order valence-corrected chi connectivity index (χ4v) is 2.39. The van der Waals surface area contributed by atoms with Gasteiger partial charge < -0.3 is 14.7 Å². The van der Waals surface area contributed by atoms with Gasteiger partial charge in [0, 0.05) is 14.1 Å². The summed E-state index contributed by atoms with van der Waals surface area (Å²) in [5, 5.41) is 10.2. The highest BCUT2D eigenvalue weighted by Gasteiger charge is 2.20. The quantitative estimate of drug-likeness (QED) is 0.912. The molecule has 19 heavy (non-hydrogen) atoms. The second-order valence-corrected chi connectivity index (χ2v) is 5.23. The molecule has 2 rings (SSSR count). The predicted molar refractivity (Wildman–Crippen MR) is 73.6 cm³/mol. The summed E-state index contributed by atoms with van der Waals surface area (Å²) >= 11 is 0. The second kappa shape index (κ2) is 5.95. The minimum Gasteiger partial charge on any atom is -0.504 e. The maximum Gasteiger partial charge on any atom is 0.257 e. The zero-order valence-corrected chi connectivity index (χ0v) is 11.6. The summed E-state index contributed by atoms with van der Waals surface area (Å²) in [5.74, 6) is 0.151. The molecular weight excluding hydrogens is 242 g/mol. The third kappa shape index (κ3) is 3.19. The van der Waals surface area contributed by atoms with Gasteiger partial charge in [-0.1, -0.05) is 12.5 Å². The number of amides is 1. The molecule has 104 valence electrons. The van der Waals surface area contributed by atoms with Crippen molar-refractivity contribution in [2.75, 3.05) is 14.1 Å². The van der Waals surface area contributed by atoms with E-state index in [0.29, 0.717) is 11.3 Å². The van der Waals surface area contributed by atoms with Crippen LogP contribution in [0.15, 0.2) is 18.2 Å². The van der Waals surface area contributed by atoms with E-state index in [1.807, 2.05) is 0 Å². The molecule has 0 saturated heterocycles. The molecule has 0 aromatic heterocycles. The minimum atomic E-state index is -0.216. The minimum absolute atomic E-state index is 0.0493. The van der Waals surface area contributed by atoms with Gasteiger partial charge in [-0.2, -0.15) is 0 Å². The maximum atomic E-state index is 11.9. The van der Waals surface area contributed by atoms with Crippen LogP contribution in [0.1, 0.15) is 42.5 Å². The molecule has 0 heterocycles. The van der Waals surface area contributed by atoms with Crippen LogP contribution in [0.3, 0.4) is 0 Å². The fraction of sp³-hybridized carbons (Fsp3) is 0.533. The number of benzene rings is 1. The molecule has 0 atom stereocenters. The number of carbonyl (C=O) groups is 1. The number of aromatic hydroxyl groups is 1. The van der Waals surface area contributed by atoms with Crippen molar-refractivity contribution in [3.05, 3.63) is 23.8 Å². The van der Waals surface area contributed by atoms with Gasteiger partial charge in [-0.15, -0.1) is 0 Å². The van der Waals surface area contributed by atoms with Gasteiger partial charge in [-0.05, 0) is 37.8 Å². The number of carbonyl (C=O) groups excluding carboxylic acids is 1. The molecule has 1 fully saturated rings. The van der Waals surface area contributed by atoms with E-state index in [1.165, 1.54) is 24.2 Å². The van der Waals surface area contributed by atoms with Gasteiger partial charge in [0.1, 0.15) is 0 Å². The number of phenols is 1. The van der Waals surface area contributed by atoms with Crippen molar-refractivity contribution in [3.63, 3.8) is 0 Å². The van der Waals surface area contributed by atoms with Crippen LogP contribution in [0, 0.1) is 0 Å². The van der Waals surface area contributed by atoms with Crippen LogP contribution in [-0.2, 0) is 0 Å². The highest BCUT2D eigenvalue weighted by atomic mass is 16.5. The summed E-state index contributed by atoms with van der Waals surface area (Å²) in [6, 6.07) is 5.08. The number of nitrogens with zero attached hydrogens (tertiary/aromatic N) is 1. The summed E-state index contributed by atoms with van der Waals surface area (Å²) < 4.78 is 5.84. The Hall–Kier alpha value is -1.71. The lowest BCUT2D eigenvalue weighted by Gasteiger charge is -2.24. The summed E-state index contributed by atoms with van der Waals surface area (Å²) in [4.78, 5) is 13.4. The van der Waals surface area contributed by atoms with Gasteiger partial charge >= 0.3 is 0 Å². The van der Waals surface area contributed by atoms with E-state index in [-0.39, 0.29) is 17.8 Å². The smallest absolute Gasteiger partial charge is 0.257 e. The third-order valence-corrected chi connectivity index (χ3v) is 3.48. The van der Waals surface area contributed by atoms with E-state index in [2.05, 4.69) is 0 Å². The third-order valence-electron chi connectivity index (χ3n) is 3.48. The largest absolute Gasteiger partial charge is 0.504 e. The lowest BCUT2D eigenvalue weighted by atomic mass is 9.98. The maximum absolute atomic E-state index is 11.9. The first-order valence-corrected chi connectivity index (χ1v) is 6.80. The van der Waals surface area contributed by atoms with E-state index in [9.17, 15) is 9.90 Å². The Bertz CT molecular complexity index is 451. The fourth-order valence-electron chi connectivity index (χ4n) is 2.39. The molecule has 0 bridgehead atoms. The van der Waals surface area contributed by atoms with Gasteiger partial charge in [0.25, 0.3) is 5.91 Å². The Morgan fingerprint density at radius 1 is 1.26 bits per heavy atom. The molecule has 1 aliphatic rings. The van der Waals surface area contributed by atoms with Crippen LogP contribution < -0.4 is 4.74 Å². The van der Waals surface area contributed by atoms with Crippen LogP contribution in [0.2, 0.25) is 0 Å². The van der Waals surface area contributed by atoms with Gasteiger partial charge in [-0.25, -0.2) is 0 Å². The molecule has 4 nitrogen and oxygen atoms in total. The zero-order chi connectivity index (χ0) is 13.8. The molecule has 1 amide bonds. The first-order chi connectivity index (χ1) is 9.09. The SMILES string of the molecule is CN(C)C(=O)c1cccc(OC2CCCCC2)c1O. The van der Waals surface area contributed by atoms with Crippen LogP contribution in [0.25, 0.3) is 0 Å². The Morgan fingerprint density at radius 3 is 2.58 bits per heavy atom. The average Bonchev–Trinajstić information content (AvgIpc) is 2.41. The molecule has 1 aromatic rings. The van der Waals surface area contributed by atoms with E-state index in [1.54, 1.807) is 32.3 Å². The van der Waals surface area contributed by atoms with Crippen molar-refractivity contribution in [1.82, 2.24) is 4.90 Å². The summed E-state index contributed by atoms with van der Waals surface area (Å²) in [5.41, 5.74) is 0.290. The Balaban J connectivity index is 2.17. The Labute approximate surface area is 114 Å². The van der Waals surface area contributed by atoms with Crippen LogP contribution >= 0.6 is 0 Å². The van der Waals surface area contributed by atoms with Crippen molar-refractivity contribution in [2.45, 2.75) is 38.2 Å². The van der Waals surface area contributed by atoms with Gasteiger partial charge in [0.2, 0.25) is 0 Å². The molecule has 1 saturated carbocycles. The lowest BCUT2D eigenvalue weighted by molar-refractivity contribution is 0.0822. The number of ether oxygens (including phenoxy) is 1. The van der Waals surface area contributed by atoms with Gasteiger partial charge in [0.05, 0.1) is 11.7 Å². The standard InChI is InChI=1S/C15H21NO3/c1-16(2)15(18)12-9-6-10-13(14(12)17)19-11-7-4-3-5-8-11/h6,9-11,17H,3-5,7-8H2,1-2H3. The van der Waals surface area contributed by atoms with Crippen molar-refractivity contribution in [2.24, 2.45) is 0 Å². The number of hydrogen-bond acceptors (Lipinski definition) is 3. The molecule has 4 heteroatoms. The Morgan fingerprint density at radius 2 is 1.95 bits per heavy atom. The van der Waals surface area contributed by atoms with Crippen LogP contribution in [0.4, 0.5) is 0 Å². The van der Waals surface area contributed by atoms with Crippen molar-refractivity contribution in [3.8, 4) is 11.5 Å². The summed E-state index contributed by atoms with van der Waals surface area (Å²) in [7, 11) is 3.33. The normalized spacial score (nSPS) is 16.1. The second-order valence-electron chi connectivity index (χ2n) is 5.23. The number of phenolic OH excluding ortho intramolecular Hbond substituents is 1. The number of hydrogen-bond donors (Lipinski definition) is 1. The van der Waals surface area contributed by atoms with Crippen LogP contribution in [-0.4, -0.2) is 36.1 Å². The highest BCUT2D eigenvalue weighted by molar-refractivity contribution is 5.97. The monoisotopic (exact) mass is 263 g/mol. The van der Waals surface area contributed by atoms with Crippen molar-refractivity contribution in [1.29, 1.82) is 0 Å². The first-order valence-electron chi connectivity index (χ1n) is 6.80. The molecule has 0 aliphatic heterocycles. The Kier molecular flexibility index (Phi) is 4.30. The van der Waals surface area contributed by atoms with E-state index in [4.69, 9.17) is 4.74 Å². The predicted octanol–water partition coefficient (Wildman–Crippen LogP) is 2.81. The highest BCUT2D eigenvalue weighted by Crippen LogP contribution is 2.33. The van der Waals surface area contributed by atoms with E-state index < -0.39 is 0 Å². The van der Waals surface area contributed by atoms with Gasteiger partial charge in [-0.3, -0.25) is 4.79 Å². The van der Waals surface area contributed by atoms with E-state index >= 15 is 0 Å². The number of rotatable bonds is 3. The zero-order valence-electron chi connectivity index (χ0n) is 11.6. The average molecular weight is 263 g/mol. The first kappa shape index (κ1) is 13.7. The van der Waals surface area contributed by atoms with E-state index in [0.717, 1.165) is 12.8 Å². The topological polar surface area (TPSA) is 49.8 Å². The molecule has 1 aromatic carbocycles.